The quantitative estimate of drug-likeness (QED) is 0.706. The van der Waals surface area contributed by atoms with E-state index in [0.717, 1.165) is 0 Å². The molecule has 0 spiro atoms. The molecule has 1 fully saturated rings. The first-order valence-electron chi connectivity index (χ1n) is 5.99. The Morgan fingerprint density at radius 2 is 2.00 bits per heavy atom. The molecule has 5 nitrogen and oxygen atoms in total. The van der Waals surface area contributed by atoms with Gasteiger partial charge in [-0.25, -0.2) is 4.79 Å². The van der Waals surface area contributed by atoms with Crippen LogP contribution < -0.4 is 0 Å². The van der Waals surface area contributed by atoms with Gasteiger partial charge in [-0.2, -0.15) is 0 Å². The molecule has 0 bridgehead atoms. The summed E-state index contributed by atoms with van der Waals surface area (Å²) < 4.78 is 10.5. The van der Waals surface area contributed by atoms with Crippen LogP contribution in [-0.2, 0) is 14.3 Å². The average Bonchev–Trinajstić information content (AvgIpc) is 2.25. The summed E-state index contributed by atoms with van der Waals surface area (Å²) in [5.41, 5.74) is -0.161. The number of ketones is 1. The zero-order valence-corrected chi connectivity index (χ0v) is 11.5. The van der Waals surface area contributed by atoms with Gasteiger partial charge in [-0.3, -0.25) is 9.69 Å². The number of ether oxygens (including phenoxy) is 2. The van der Waals surface area contributed by atoms with Crippen molar-refractivity contribution in [2.45, 2.75) is 39.3 Å². The van der Waals surface area contributed by atoms with Crippen LogP contribution in [0.2, 0.25) is 0 Å². The van der Waals surface area contributed by atoms with Crippen LogP contribution in [0.15, 0.2) is 12.2 Å². The Morgan fingerprint density at radius 1 is 1.39 bits per heavy atom. The topological polar surface area (TPSA) is 55.8 Å². The SMILES string of the molecule is C=C(C)C(=O)C1COCCN1C(=O)OC(C)(C)C. The van der Waals surface area contributed by atoms with E-state index in [1.54, 1.807) is 27.7 Å². The highest BCUT2D eigenvalue weighted by Crippen LogP contribution is 2.16. The van der Waals surface area contributed by atoms with E-state index in [-0.39, 0.29) is 12.4 Å². The van der Waals surface area contributed by atoms with Crippen LogP contribution in [0.25, 0.3) is 0 Å². The molecule has 1 amide bonds. The van der Waals surface area contributed by atoms with E-state index in [9.17, 15) is 9.59 Å². The zero-order chi connectivity index (χ0) is 13.9. The van der Waals surface area contributed by atoms with Crippen LogP contribution in [0.3, 0.4) is 0 Å². The molecule has 0 aromatic carbocycles. The Hall–Kier alpha value is -1.36. The van der Waals surface area contributed by atoms with Crippen LogP contribution in [0.1, 0.15) is 27.7 Å². The highest BCUT2D eigenvalue weighted by molar-refractivity contribution is 6.00. The lowest BCUT2D eigenvalue weighted by Gasteiger charge is -2.35. The van der Waals surface area contributed by atoms with Gasteiger partial charge in [0.05, 0.1) is 13.2 Å². The van der Waals surface area contributed by atoms with Crippen LogP contribution in [0, 0.1) is 0 Å². The van der Waals surface area contributed by atoms with Gasteiger partial charge in [0.25, 0.3) is 0 Å². The Labute approximate surface area is 108 Å². The third kappa shape index (κ3) is 3.84. The third-order valence-electron chi connectivity index (χ3n) is 2.48. The Balaban J connectivity index is 2.79. The molecule has 18 heavy (non-hydrogen) atoms. The number of carbonyl (C=O) groups excluding carboxylic acids is 2. The molecular formula is C13H21NO4. The summed E-state index contributed by atoms with van der Waals surface area (Å²) in [7, 11) is 0. The van der Waals surface area contributed by atoms with Crippen LogP contribution >= 0.6 is 0 Å². The van der Waals surface area contributed by atoms with E-state index < -0.39 is 17.7 Å². The highest BCUT2D eigenvalue weighted by atomic mass is 16.6. The van der Waals surface area contributed by atoms with Gasteiger partial charge in [0, 0.05) is 6.54 Å². The van der Waals surface area contributed by atoms with Gasteiger partial charge in [0.15, 0.2) is 5.78 Å². The van der Waals surface area contributed by atoms with E-state index in [1.165, 1.54) is 4.90 Å². The van der Waals surface area contributed by atoms with Crippen molar-refractivity contribution in [3.63, 3.8) is 0 Å². The fraction of sp³-hybridized carbons (Fsp3) is 0.692. The molecule has 0 saturated carbocycles. The van der Waals surface area contributed by atoms with E-state index in [4.69, 9.17) is 9.47 Å². The lowest BCUT2D eigenvalue weighted by atomic mass is 10.1. The lowest BCUT2D eigenvalue weighted by molar-refractivity contribution is -0.126. The number of amides is 1. The summed E-state index contributed by atoms with van der Waals surface area (Å²) in [5.74, 6) is -0.180. The maximum atomic E-state index is 12.0. The maximum absolute atomic E-state index is 12.0. The minimum absolute atomic E-state index is 0.180. The molecule has 0 aliphatic carbocycles. The molecule has 0 radical (unpaired) electrons. The monoisotopic (exact) mass is 255 g/mol. The second-order valence-electron chi connectivity index (χ2n) is 5.41. The van der Waals surface area contributed by atoms with Gasteiger partial charge >= 0.3 is 6.09 Å². The molecule has 1 unspecified atom stereocenters. The van der Waals surface area contributed by atoms with Gasteiger partial charge in [0.2, 0.25) is 0 Å². The second-order valence-corrected chi connectivity index (χ2v) is 5.41. The Morgan fingerprint density at radius 3 is 2.50 bits per heavy atom. The first kappa shape index (κ1) is 14.7. The van der Waals surface area contributed by atoms with Crippen molar-refractivity contribution >= 4 is 11.9 Å². The molecule has 102 valence electrons. The number of hydrogen-bond donors (Lipinski definition) is 0. The molecule has 1 rings (SSSR count). The molecular weight excluding hydrogens is 234 g/mol. The number of hydrogen-bond acceptors (Lipinski definition) is 4. The van der Waals surface area contributed by atoms with Crippen LogP contribution in [-0.4, -0.2) is 48.2 Å². The van der Waals surface area contributed by atoms with Crippen molar-refractivity contribution in [3.05, 3.63) is 12.2 Å². The van der Waals surface area contributed by atoms with E-state index in [2.05, 4.69) is 6.58 Å². The first-order chi connectivity index (χ1) is 8.22. The minimum Gasteiger partial charge on any atom is -0.444 e. The summed E-state index contributed by atoms with van der Waals surface area (Å²) in [6.45, 7) is 11.6. The van der Waals surface area contributed by atoms with Crippen LogP contribution in [0.4, 0.5) is 4.79 Å². The molecule has 5 heteroatoms. The van der Waals surface area contributed by atoms with Crippen molar-refractivity contribution in [1.29, 1.82) is 0 Å². The van der Waals surface area contributed by atoms with Crippen LogP contribution in [0.5, 0.6) is 0 Å². The van der Waals surface area contributed by atoms with Crippen molar-refractivity contribution < 1.29 is 19.1 Å². The number of rotatable bonds is 2. The van der Waals surface area contributed by atoms with Gasteiger partial charge < -0.3 is 9.47 Å². The molecule has 0 aromatic rings. The van der Waals surface area contributed by atoms with Gasteiger partial charge in [-0.15, -0.1) is 0 Å². The van der Waals surface area contributed by atoms with Crippen molar-refractivity contribution in [2.75, 3.05) is 19.8 Å². The second kappa shape index (κ2) is 5.52. The summed E-state index contributed by atoms with van der Waals surface area (Å²) in [6, 6.07) is -0.619. The smallest absolute Gasteiger partial charge is 0.411 e. The van der Waals surface area contributed by atoms with Crippen molar-refractivity contribution in [1.82, 2.24) is 4.90 Å². The Bertz CT molecular complexity index is 356. The normalized spacial score (nSPS) is 20.4. The number of carbonyl (C=O) groups is 2. The zero-order valence-electron chi connectivity index (χ0n) is 11.5. The average molecular weight is 255 g/mol. The number of morpholine rings is 1. The fourth-order valence-electron chi connectivity index (χ4n) is 1.64. The molecule has 1 atom stereocenters. The molecule has 1 aliphatic rings. The fourth-order valence-corrected chi connectivity index (χ4v) is 1.64. The van der Waals surface area contributed by atoms with E-state index >= 15 is 0 Å². The van der Waals surface area contributed by atoms with Gasteiger partial charge in [-0.1, -0.05) is 6.58 Å². The molecule has 1 aliphatic heterocycles. The molecule has 0 N–H and O–H groups in total. The first-order valence-corrected chi connectivity index (χ1v) is 5.99. The van der Waals surface area contributed by atoms with Gasteiger partial charge in [-0.05, 0) is 33.3 Å². The van der Waals surface area contributed by atoms with E-state index in [0.29, 0.717) is 18.7 Å². The van der Waals surface area contributed by atoms with E-state index in [1.807, 2.05) is 0 Å². The highest BCUT2D eigenvalue weighted by Gasteiger charge is 2.35. The summed E-state index contributed by atoms with van der Waals surface area (Å²) in [4.78, 5) is 25.4. The summed E-state index contributed by atoms with van der Waals surface area (Å²) in [6.07, 6.45) is -0.481. The number of Topliss-reactive ketones (excluding diaryl/α,β-unsaturated/α-hetero) is 1. The largest absolute Gasteiger partial charge is 0.444 e. The molecule has 1 saturated heterocycles. The molecule has 0 aromatic heterocycles. The standard InChI is InChI=1S/C13H21NO4/c1-9(2)11(15)10-8-17-7-6-14(10)12(16)18-13(3,4)5/h10H,1,6-8H2,2-5H3. The predicted molar refractivity (Wildman–Crippen MR) is 67.4 cm³/mol. The Kier molecular flexibility index (Phi) is 4.51. The maximum Gasteiger partial charge on any atom is 0.411 e. The minimum atomic E-state index is -0.619. The summed E-state index contributed by atoms with van der Waals surface area (Å²) in [5, 5.41) is 0. The predicted octanol–water partition coefficient (Wildman–Crippen LogP) is 1.77. The summed E-state index contributed by atoms with van der Waals surface area (Å²) >= 11 is 0. The van der Waals surface area contributed by atoms with Crippen molar-refractivity contribution in [3.8, 4) is 0 Å². The van der Waals surface area contributed by atoms with Gasteiger partial charge in [0.1, 0.15) is 11.6 Å². The van der Waals surface area contributed by atoms with Crippen molar-refractivity contribution in [2.24, 2.45) is 0 Å². The number of nitrogens with zero attached hydrogens (tertiary/aromatic N) is 1. The lowest BCUT2D eigenvalue weighted by Crippen LogP contribution is -2.54. The third-order valence-corrected chi connectivity index (χ3v) is 2.48. The molecule has 1 heterocycles.